The molecule has 0 aromatic carbocycles. The van der Waals surface area contributed by atoms with Crippen LogP contribution in [0, 0.1) is 17.2 Å². The Balaban J connectivity index is 2.13. The fourth-order valence-corrected chi connectivity index (χ4v) is 3.21. The minimum Gasteiger partial charge on any atom is -0.354 e. The van der Waals surface area contributed by atoms with Gasteiger partial charge in [-0.2, -0.15) is 5.26 Å². The molecule has 1 saturated heterocycles. The average molecular weight is 249 g/mol. The summed E-state index contributed by atoms with van der Waals surface area (Å²) >= 11 is 0. The van der Waals surface area contributed by atoms with Crippen molar-refractivity contribution < 1.29 is 4.79 Å². The number of nitrogens with zero attached hydrogens (tertiary/aromatic N) is 2. The van der Waals surface area contributed by atoms with E-state index in [9.17, 15) is 4.79 Å². The summed E-state index contributed by atoms with van der Waals surface area (Å²) in [6.07, 6.45) is 6.51. The van der Waals surface area contributed by atoms with Gasteiger partial charge in [0.2, 0.25) is 5.91 Å². The van der Waals surface area contributed by atoms with E-state index >= 15 is 0 Å². The van der Waals surface area contributed by atoms with Gasteiger partial charge in [-0.15, -0.1) is 0 Å². The van der Waals surface area contributed by atoms with Crippen molar-refractivity contribution >= 4 is 5.91 Å². The predicted octanol–water partition coefficient (Wildman–Crippen LogP) is 1.67. The summed E-state index contributed by atoms with van der Waals surface area (Å²) in [7, 11) is 0. The summed E-state index contributed by atoms with van der Waals surface area (Å²) in [5.41, 5.74) is 0. The highest BCUT2D eigenvalue weighted by atomic mass is 16.2. The van der Waals surface area contributed by atoms with Gasteiger partial charge in [0.15, 0.2) is 0 Å². The molecule has 0 bridgehead atoms. The number of hydrogen-bond acceptors (Lipinski definition) is 3. The first-order chi connectivity index (χ1) is 8.72. The molecule has 2 fully saturated rings. The molecule has 100 valence electrons. The second-order valence-corrected chi connectivity index (χ2v) is 5.72. The first-order valence-electron chi connectivity index (χ1n) is 7.12. The topological polar surface area (TPSA) is 56.1 Å². The van der Waals surface area contributed by atoms with Gasteiger partial charge in [-0.25, -0.2) is 0 Å². The zero-order chi connectivity index (χ0) is 13.0. The van der Waals surface area contributed by atoms with Gasteiger partial charge in [-0.1, -0.05) is 26.2 Å². The molecule has 2 atom stereocenters. The average Bonchev–Trinajstić information content (AvgIpc) is 2.53. The van der Waals surface area contributed by atoms with Crippen LogP contribution in [-0.2, 0) is 4.79 Å². The summed E-state index contributed by atoms with van der Waals surface area (Å²) in [5.74, 6) is 0.519. The molecule has 1 amide bonds. The first-order valence-corrected chi connectivity index (χ1v) is 7.12. The van der Waals surface area contributed by atoms with Crippen LogP contribution in [0.3, 0.4) is 0 Å². The number of nitrogens with one attached hydrogen (secondary N) is 1. The van der Waals surface area contributed by atoms with E-state index in [0.717, 1.165) is 13.1 Å². The van der Waals surface area contributed by atoms with Crippen LogP contribution in [0.4, 0.5) is 0 Å². The lowest BCUT2D eigenvalue weighted by Gasteiger charge is -2.37. The second kappa shape index (κ2) is 6.19. The van der Waals surface area contributed by atoms with Crippen molar-refractivity contribution in [3.8, 4) is 6.07 Å². The molecule has 0 radical (unpaired) electrons. The van der Waals surface area contributed by atoms with E-state index in [2.05, 4.69) is 23.2 Å². The van der Waals surface area contributed by atoms with Crippen molar-refractivity contribution in [1.82, 2.24) is 10.2 Å². The van der Waals surface area contributed by atoms with Crippen LogP contribution in [0.1, 0.15) is 45.4 Å². The molecule has 4 nitrogen and oxygen atoms in total. The lowest BCUT2D eigenvalue weighted by atomic mass is 9.92. The van der Waals surface area contributed by atoms with Crippen LogP contribution in [0.15, 0.2) is 0 Å². The van der Waals surface area contributed by atoms with E-state index < -0.39 is 0 Å². The van der Waals surface area contributed by atoms with Crippen molar-refractivity contribution in [2.45, 2.75) is 57.5 Å². The fourth-order valence-electron chi connectivity index (χ4n) is 3.21. The maximum absolute atomic E-state index is 12.1. The first kappa shape index (κ1) is 13.4. The molecule has 0 aromatic heterocycles. The highest BCUT2D eigenvalue weighted by Crippen LogP contribution is 2.26. The fraction of sp³-hybridized carbons (Fsp3) is 0.857. The zero-order valence-corrected chi connectivity index (χ0v) is 11.2. The van der Waals surface area contributed by atoms with Crippen LogP contribution in [0.25, 0.3) is 0 Å². The van der Waals surface area contributed by atoms with Crippen molar-refractivity contribution in [1.29, 1.82) is 5.26 Å². The third-order valence-corrected chi connectivity index (χ3v) is 4.18. The van der Waals surface area contributed by atoms with Crippen molar-refractivity contribution in [3.63, 3.8) is 0 Å². The molecule has 1 saturated carbocycles. The molecular weight excluding hydrogens is 226 g/mol. The summed E-state index contributed by atoms with van der Waals surface area (Å²) < 4.78 is 0. The minimum absolute atomic E-state index is 0.0477. The van der Waals surface area contributed by atoms with E-state index in [1.54, 1.807) is 0 Å². The van der Waals surface area contributed by atoms with Crippen LogP contribution < -0.4 is 5.32 Å². The number of nitriles is 1. The Hall–Kier alpha value is -1.08. The van der Waals surface area contributed by atoms with Crippen LogP contribution in [0.2, 0.25) is 0 Å². The molecule has 1 heterocycles. The summed E-state index contributed by atoms with van der Waals surface area (Å²) in [4.78, 5) is 14.4. The third kappa shape index (κ3) is 3.02. The maximum atomic E-state index is 12.1. The van der Waals surface area contributed by atoms with E-state index in [0.29, 0.717) is 18.4 Å². The van der Waals surface area contributed by atoms with Gasteiger partial charge in [0.25, 0.3) is 0 Å². The maximum Gasteiger partial charge on any atom is 0.238 e. The number of carbonyl (C=O) groups is 1. The largest absolute Gasteiger partial charge is 0.354 e. The van der Waals surface area contributed by atoms with Gasteiger partial charge in [0.1, 0.15) is 6.04 Å². The molecule has 0 spiro atoms. The van der Waals surface area contributed by atoms with E-state index in [4.69, 9.17) is 5.26 Å². The SMILES string of the molecule is CC1CNC(=O)C(CC#N)N(C2CCCCC2)C1. The number of rotatable bonds is 2. The molecule has 0 aromatic rings. The smallest absolute Gasteiger partial charge is 0.238 e. The molecule has 1 aliphatic heterocycles. The molecule has 1 N–H and O–H groups in total. The predicted molar refractivity (Wildman–Crippen MR) is 69.8 cm³/mol. The Morgan fingerprint density at radius 1 is 1.39 bits per heavy atom. The van der Waals surface area contributed by atoms with Crippen LogP contribution >= 0.6 is 0 Å². The Morgan fingerprint density at radius 3 is 2.78 bits per heavy atom. The van der Waals surface area contributed by atoms with Crippen molar-refractivity contribution in [2.75, 3.05) is 13.1 Å². The molecule has 2 rings (SSSR count). The lowest BCUT2D eigenvalue weighted by molar-refractivity contribution is -0.126. The van der Waals surface area contributed by atoms with Gasteiger partial charge in [-0.3, -0.25) is 9.69 Å². The third-order valence-electron chi connectivity index (χ3n) is 4.18. The normalized spacial score (nSPS) is 31.4. The molecule has 4 heteroatoms. The van der Waals surface area contributed by atoms with E-state index in [-0.39, 0.29) is 11.9 Å². The van der Waals surface area contributed by atoms with Crippen molar-refractivity contribution in [2.24, 2.45) is 5.92 Å². The zero-order valence-electron chi connectivity index (χ0n) is 11.2. The van der Waals surface area contributed by atoms with Crippen LogP contribution in [0.5, 0.6) is 0 Å². The highest BCUT2D eigenvalue weighted by molar-refractivity contribution is 5.82. The van der Waals surface area contributed by atoms with Crippen LogP contribution in [-0.4, -0.2) is 36.0 Å². The molecule has 2 aliphatic rings. The molecule has 18 heavy (non-hydrogen) atoms. The monoisotopic (exact) mass is 249 g/mol. The summed E-state index contributed by atoms with van der Waals surface area (Å²) in [6, 6.07) is 2.45. The number of amides is 1. The van der Waals surface area contributed by atoms with Gasteiger partial charge in [0, 0.05) is 19.1 Å². The number of hydrogen-bond donors (Lipinski definition) is 1. The summed E-state index contributed by atoms with van der Waals surface area (Å²) in [5, 5.41) is 11.9. The Morgan fingerprint density at radius 2 is 2.11 bits per heavy atom. The van der Waals surface area contributed by atoms with Crippen molar-refractivity contribution in [3.05, 3.63) is 0 Å². The number of carbonyl (C=O) groups excluding carboxylic acids is 1. The van der Waals surface area contributed by atoms with Gasteiger partial charge >= 0.3 is 0 Å². The van der Waals surface area contributed by atoms with Gasteiger partial charge in [0.05, 0.1) is 12.5 Å². The van der Waals surface area contributed by atoms with E-state index in [1.165, 1.54) is 32.1 Å². The molecular formula is C14H23N3O. The Bertz CT molecular complexity index is 330. The lowest BCUT2D eigenvalue weighted by Crippen LogP contribution is -2.49. The van der Waals surface area contributed by atoms with E-state index in [1.807, 2.05) is 0 Å². The summed E-state index contributed by atoms with van der Waals surface area (Å²) in [6.45, 7) is 3.85. The quantitative estimate of drug-likeness (QED) is 0.810. The minimum atomic E-state index is -0.233. The Kier molecular flexibility index (Phi) is 4.60. The van der Waals surface area contributed by atoms with Gasteiger partial charge < -0.3 is 5.32 Å². The second-order valence-electron chi connectivity index (χ2n) is 5.72. The Labute approximate surface area is 109 Å². The highest BCUT2D eigenvalue weighted by Gasteiger charge is 2.35. The standard InChI is InChI=1S/C14H23N3O/c1-11-9-16-14(18)13(7-8-15)17(10-11)12-5-3-2-4-6-12/h11-13H,2-7,9-10H2,1H3,(H,16,18). The molecule has 1 aliphatic carbocycles. The van der Waals surface area contributed by atoms with Gasteiger partial charge in [-0.05, 0) is 18.8 Å². The molecule has 2 unspecified atom stereocenters.